The minimum absolute atomic E-state index is 0.317. The van der Waals surface area contributed by atoms with Gasteiger partial charge in [0.05, 0.1) is 0 Å². The van der Waals surface area contributed by atoms with E-state index in [0.717, 1.165) is 0 Å². The first-order valence-corrected chi connectivity index (χ1v) is 7.14. The molecule has 0 unspecified atom stereocenters. The van der Waals surface area contributed by atoms with Crippen LogP contribution in [-0.4, -0.2) is 40.0 Å². The Bertz CT molecular complexity index is 407. The van der Waals surface area contributed by atoms with Gasteiger partial charge in [0.15, 0.2) is 0 Å². The van der Waals surface area contributed by atoms with Gasteiger partial charge >= 0.3 is 11.8 Å². The van der Waals surface area contributed by atoms with Crippen molar-refractivity contribution in [1.82, 2.24) is 15.1 Å². The van der Waals surface area contributed by atoms with Gasteiger partial charge < -0.3 is 4.90 Å². The maximum absolute atomic E-state index is 12.1. The fourth-order valence-corrected chi connectivity index (χ4v) is 2.08. The molecule has 0 spiro atoms. The number of hydrogen-bond donors (Lipinski definition) is 1. The molecule has 0 fully saturated rings. The summed E-state index contributed by atoms with van der Waals surface area (Å²) in [6.07, 6.45) is 0. The molecule has 1 aromatic rings. The molecule has 0 aromatic carbocycles. The average Bonchev–Trinajstić information content (AvgIpc) is 2.78. The van der Waals surface area contributed by atoms with E-state index in [4.69, 9.17) is 0 Å². The average molecular weight is 284 g/mol. The van der Waals surface area contributed by atoms with E-state index >= 15 is 0 Å². The van der Waals surface area contributed by atoms with Crippen molar-refractivity contribution in [3.05, 3.63) is 5.51 Å². The zero-order chi connectivity index (χ0) is 14.4. The van der Waals surface area contributed by atoms with Gasteiger partial charge in [-0.3, -0.25) is 14.9 Å². The Morgan fingerprint density at radius 2 is 1.84 bits per heavy atom. The fourth-order valence-electron chi connectivity index (χ4n) is 1.64. The second-order valence-corrected chi connectivity index (χ2v) is 6.03. The molecule has 6 nitrogen and oxygen atoms in total. The van der Waals surface area contributed by atoms with Crippen LogP contribution < -0.4 is 5.32 Å². The largest absolute Gasteiger partial charge is 0.334 e. The van der Waals surface area contributed by atoms with E-state index in [9.17, 15) is 9.59 Å². The standard InChI is InChI=1S/C12H20N4O2S/c1-8(2)5-16(6-9(3)4)11(18)10(17)14-12-15-13-7-19-12/h7-9H,5-6H2,1-4H3,(H,14,15,17). The van der Waals surface area contributed by atoms with Gasteiger partial charge in [-0.15, -0.1) is 10.2 Å². The van der Waals surface area contributed by atoms with Gasteiger partial charge in [0.1, 0.15) is 5.51 Å². The van der Waals surface area contributed by atoms with E-state index in [1.807, 2.05) is 27.7 Å². The quantitative estimate of drug-likeness (QED) is 0.834. The Morgan fingerprint density at radius 1 is 1.26 bits per heavy atom. The summed E-state index contributed by atoms with van der Waals surface area (Å²) in [5.74, 6) is -0.537. The molecular formula is C12H20N4O2S. The van der Waals surface area contributed by atoms with Crippen LogP contribution in [0.4, 0.5) is 5.13 Å². The van der Waals surface area contributed by atoms with Crippen LogP contribution in [0.5, 0.6) is 0 Å². The number of nitrogens with zero attached hydrogens (tertiary/aromatic N) is 3. The molecule has 106 valence electrons. The molecule has 0 radical (unpaired) electrons. The topological polar surface area (TPSA) is 75.2 Å². The predicted octanol–water partition coefficient (Wildman–Crippen LogP) is 1.62. The Hall–Kier alpha value is -1.50. The van der Waals surface area contributed by atoms with E-state index in [2.05, 4.69) is 15.5 Å². The van der Waals surface area contributed by atoms with Crippen molar-refractivity contribution in [2.24, 2.45) is 11.8 Å². The van der Waals surface area contributed by atoms with Crippen molar-refractivity contribution in [2.45, 2.75) is 27.7 Å². The lowest BCUT2D eigenvalue weighted by molar-refractivity contribution is -0.143. The molecule has 7 heteroatoms. The molecule has 1 aromatic heterocycles. The van der Waals surface area contributed by atoms with Gasteiger partial charge in [0, 0.05) is 13.1 Å². The van der Waals surface area contributed by atoms with Crippen LogP contribution in [0.25, 0.3) is 0 Å². The van der Waals surface area contributed by atoms with Crippen LogP contribution in [0.15, 0.2) is 5.51 Å². The van der Waals surface area contributed by atoms with Gasteiger partial charge in [0.25, 0.3) is 0 Å². The number of hydrogen-bond acceptors (Lipinski definition) is 5. The molecule has 0 atom stereocenters. The van der Waals surface area contributed by atoms with Crippen molar-refractivity contribution < 1.29 is 9.59 Å². The van der Waals surface area contributed by atoms with Gasteiger partial charge in [-0.25, -0.2) is 0 Å². The summed E-state index contributed by atoms with van der Waals surface area (Å²) in [5, 5.41) is 10.1. The van der Waals surface area contributed by atoms with Crippen LogP contribution in [0.1, 0.15) is 27.7 Å². The second-order valence-electron chi connectivity index (χ2n) is 5.20. The SMILES string of the molecule is CC(C)CN(CC(C)C)C(=O)C(=O)Nc1nncs1. The monoisotopic (exact) mass is 284 g/mol. The van der Waals surface area contributed by atoms with Crippen LogP contribution in [0, 0.1) is 11.8 Å². The first kappa shape index (κ1) is 15.6. The minimum atomic E-state index is -0.655. The van der Waals surface area contributed by atoms with Gasteiger partial charge in [0.2, 0.25) is 5.13 Å². The Balaban J connectivity index is 2.66. The molecule has 1 heterocycles. The highest BCUT2D eigenvalue weighted by Crippen LogP contribution is 2.09. The van der Waals surface area contributed by atoms with E-state index < -0.39 is 11.8 Å². The number of amides is 2. The molecule has 0 aliphatic carbocycles. The second kappa shape index (κ2) is 7.18. The number of nitrogens with one attached hydrogen (secondary N) is 1. The molecule has 1 rings (SSSR count). The smallest absolute Gasteiger partial charge is 0.315 e. The number of anilines is 1. The lowest BCUT2D eigenvalue weighted by Crippen LogP contribution is -2.43. The van der Waals surface area contributed by atoms with Crippen molar-refractivity contribution in [2.75, 3.05) is 18.4 Å². The Kier molecular flexibility index (Phi) is 5.88. The lowest BCUT2D eigenvalue weighted by Gasteiger charge is -2.25. The van der Waals surface area contributed by atoms with Crippen molar-refractivity contribution in [3.63, 3.8) is 0 Å². The zero-order valence-corrected chi connectivity index (χ0v) is 12.5. The van der Waals surface area contributed by atoms with Crippen molar-refractivity contribution in [3.8, 4) is 0 Å². The number of aromatic nitrogens is 2. The highest BCUT2D eigenvalue weighted by molar-refractivity contribution is 7.13. The summed E-state index contributed by atoms with van der Waals surface area (Å²) in [6.45, 7) is 9.21. The number of rotatable bonds is 5. The zero-order valence-electron chi connectivity index (χ0n) is 11.7. The van der Waals surface area contributed by atoms with E-state index in [1.165, 1.54) is 16.8 Å². The third kappa shape index (κ3) is 5.34. The summed E-state index contributed by atoms with van der Waals surface area (Å²) in [4.78, 5) is 25.6. The first-order valence-electron chi connectivity index (χ1n) is 6.26. The predicted molar refractivity (Wildman–Crippen MR) is 74.8 cm³/mol. The Morgan fingerprint density at radius 3 is 2.26 bits per heavy atom. The number of carbonyl (C=O) groups excluding carboxylic acids is 2. The van der Waals surface area contributed by atoms with E-state index in [0.29, 0.717) is 30.1 Å². The van der Waals surface area contributed by atoms with Crippen LogP contribution in [-0.2, 0) is 9.59 Å². The maximum atomic E-state index is 12.1. The molecule has 2 amide bonds. The summed E-state index contributed by atoms with van der Waals surface area (Å²) in [5.41, 5.74) is 1.50. The summed E-state index contributed by atoms with van der Waals surface area (Å²) < 4.78 is 0. The molecule has 0 saturated carbocycles. The molecule has 19 heavy (non-hydrogen) atoms. The van der Waals surface area contributed by atoms with Crippen LogP contribution in [0.3, 0.4) is 0 Å². The Labute approximate surface area is 117 Å². The molecular weight excluding hydrogens is 264 g/mol. The van der Waals surface area contributed by atoms with Crippen LogP contribution in [0.2, 0.25) is 0 Å². The normalized spacial score (nSPS) is 10.8. The summed E-state index contributed by atoms with van der Waals surface area (Å²) in [7, 11) is 0. The minimum Gasteiger partial charge on any atom is -0.334 e. The summed E-state index contributed by atoms with van der Waals surface area (Å²) >= 11 is 1.18. The molecule has 0 aliphatic heterocycles. The maximum Gasteiger partial charge on any atom is 0.315 e. The van der Waals surface area contributed by atoms with Crippen LogP contribution >= 0.6 is 11.3 Å². The molecule has 0 bridgehead atoms. The molecule has 0 aliphatic rings. The molecule has 0 saturated heterocycles. The lowest BCUT2D eigenvalue weighted by atomic mass is 10.1. The van der Waals surface area contributed by atoms with Gasteiger partial charge in [-0.1, -0.05) is 39.0 Å². The van der Waals surface area contributed by atoms with Gasteiger partial charge in [-0.05, 0) is 11.8 Å². The van der Waals surface area contributed by atoms with Crippen molar-refractivity contribution in [1.29, 1.82) is 0 Å². The molecule has 1 N–H and O–H groups in total. The number of carbonyl (C=O) groups is 2. The van der Waals surface area contributed by atoms with E-state index in [1.54, 1.807) is 4.90 Å². The van der Waals surface area contributed by atoms with Crippen molar-refractivity contribution >= 4 is 28.3 Å². The fraction of sp³-hybridized carbons (Fsp3) is 0.667. The summed E-state index contributed by atoms with van der Waals surface area (Å²) in [6, 6.07) is 0. The van der Waals surface area contributed by atoms with Gasteiger partial charge in [-0.2, -0.15) is 0 Å². The highest BCUT2D eigenvalue weighted by atomic mass is 32.1. The first-order chi connectivity index (χ1) is 8.90. The van der Waals surface area contributed by atoms with E-state index in [-0.39, 0.29) is 0 Å². The third-order valence-corrected chi connectivity index (χ3v) is 2.84. The third-order valence-electron chi connectivity index (χ3n) is 2.23. The highest BCUT2D eigenvalue weighted by Gasteiger charge is 2.23.